The van der Waals surface area contributed by atoms with Crippen LogP contribution in [0.5, 0.6) is 5.75 Å². The van der Waals surface area contributed by atoms with E-state index in [-0.39, 0.29) is 31.4 Å². The fourth-order valence-electron chi connectivity index (χ4n) is 3.30. The first-order valence-corrected chi connectivity index (χ1v) is 8.17. The van der Waals surface area contributed by atoms with E-state index in [9.17, 15) is 9.59 Å². The van der Waals surface area contributed by atoms with E-state index in [1.807, 2.05) is 12.1 Å². The van der Waals surface area contributed by atoms with Crippen molar-refractivity contribution in [3.05, 3.63) is 29.8 Å². The van der Waals surface area contributed by atoms with Crippen LogP contribution in [0.4, 0.5) is 0 Å². The van der Waals surface area contributed by atoms with Gasteiger partial charge in [-0.25, -0.2) is 0 Å². The Labute approximate surface area is 147 Å². The molecule has 0 bridgehead atoms. The fraction of sp³-hybridized carbons (Fsp3) is 0.500. The Morgan fingerprint density at radius 3 is 2.92 bits per heavy atom. The zero-order chi connectivity index (χ0) is 18.3. The Bertz CT molecular complexity index is 671. The summed E-state index contributed by atoms with van der Waals surface area (Å²) in [5.74, 6) is 0.213. The molecule has 0 saturated carbocycles. The number of ether oxygens (including phenoxy) is 2. The number of methoxy groups -OCH3 is 1. The molecule has 0 aromatic heterocycles. The zero-order valence-electron chi connectivity index (χ0n) is 14.6. The number of likely N-dealkylation sites (tertiary alicyclic amines) is 1. The van der Waals surface area contributed by atoms with Gasteiger partial charge in [-0.3, -0.25) is 9.59 Å². The third-order valence-electron chi connectivity index (χ3n) is 4.38. The average molecular weight is 345 g/mol. The summed E-state index contributed by atoms with van der Waals surface area (Å²) in [6.45, 7) is 0.654. The number of nitrogens with one attached hydrogen (secondary N) is 1. The van der Waals surface area contributed by atoms with Gasteiger partial charge in [0, 0.05) is 20.7 Å². The lowest BCUT2D eigenvalue weighted by atomic mass is 9.95. The maximum absolute atomic E-state index is 12.8. The van der Waals surface area contributed by atoms with E-state index in [2.05, 4.69) is 5.32 Å². The molecule has 0 aliphatic carbocycles. The van der Waals surface area contributed by atoms with Gasteiger partial charge in [-0.2, -0.15) is 5.26 Å². The first kappa shape index (κ1) is 18.7. The molecule has 1 aliphatic heterocycles. The second-order valence-electron chi connectivity index (χ2n) is 5.96. The third-order valence-corrected chi connectivity index (χ3v) is 4.38. The largest absolute Gasteiger partial charge is 0.479 e. The van der Waals surface area contributed by atoms with Gasteiger partial charge in [-0.15, -0.1) is 0 Å². The Morgan fingerprint density at radius 2 is 2.24 bits per heavy atom. The van der Waals surface area contributed by atoms with Crippen molar-refractivity contribution in [2.45, 2.75) is 24.8 Å². The van der Waals surface area contributed by atoms with Crippen LogP contribution in [-0.4, -0.2) is 56.2 Å². The van der Waals surface area contributed by atoms with Crippen molar-refractivity contribution >= 4 is 11.8 Å². The molecule has 1 saturated heterocycles. The monoisotopic (exact) mass is 345 g/mol. The van der Waals surface area contributed by atoms with Crippen LogP contribution >= 0.6 is 0 Å². The SMILES string of the molecule is CNC(=O)C1(COC)CCCN1C(=O)Cc1cccc(OCC#N)c1. The minimum absolute atomic E-state index is 0.0445. The Kier molecular flexibility index (Phi) is 6.37. The lowest BCUT2D eigenvalue weighted by Crippen LogP contribution is -2.59. The van der Waals surface area contributed by atoms with Gasteiger partial charge in [0.1, 0.15) is 17.4 Å². The van der Waals surface area contributed by atoms with E-state index in [0.29, 0.717) is 18.7 Å². The van der Waals surface area contributed by atoms with Gasteiger partial charge in [0.15, 0.2) is 6.61 Å². The highest BCUT2D eigenvalue weighted by Gasteiger charge is 2.49. The molecule has 1 fully saturated rings. The molecule has 1 aromatic rings. The summed E-state index contributed by atoms with van der Waals surface area (Å²) in [7, 11) is 3.10. The summed E-state index contributed by atoms with van der Waals surface area (Å²) in [5.41, 5.74) is -0.175. The molecular weight excluding hydrogens is 322 g/mol. The van der Waals surface area contributed by atoms with Crippen LogP contribution in [0.15, 0.2) is 24.3 Å². The highest BCUT2D eigenvalue weighted by Crippen LogP contribution is 2.31. The van der Waals surface area contributed by atoms with Crippen molar-refractivity contribution in [3.63, 3.8) is 0 Å². The maximum atomic E-state index is 12.8. The fourth-order valence-corrected chi connectivity index (χ4v) is 3.30. The number of rotatable bonds is 7. The zero-order valence-corrected chi connectivity index (χ0v) is 14.6. The molecule has 1 atom stereocenters. The van der Waals surface area contributed by atoms with Crippen molar-refractivity contribution in [1.29, 1.82) is 5.26 Å². The van der Waals surface area contributed by atoms with Crippen molar-refractivity contribution < 1.29 is 19.1 Å². The Hall–Kier alpha value is -2.59. The van der Waals surface area contributed by atoms with Crippen LogP contribution < -0.4 is 10.1 Å². The smallest absolute Gasteiger partial charge is 0.248 e. The van der Waals surface area contributed by atoms with Crippen molar-refractivity contribution in [3.8, 4) is 11.8 Å². The summed E-state index contributed by atoms with van der Waals surface area (Å²) in [5, 5.41) is 11.2. The molecule has 2 rings (SSSR count). The summed E-state index contributed by atoms with van der Waals surface area (Å²) < 4.78 is 10.5. The summed E-state index contributed by atoms with van der Waals surface area (Å²) in [6, 6.07) is 8.99. The Balaban J connectivity index is 2.16. The molecule has 134 valence electrons. The number of hydrogen-bond donors (Lipinski definition) is 1. The molecule has 7 nitrogen and oxygen atoms in total. The number of nitrogens with zero attached hydrogens (tertiary/aromatic N) is 2. The van der Waals surface area contributed by atoms with Gasteiger partial charge in [-0.1, -0.05) is 12.1 Å². The quantitative estimate of drug-likeness (QED) is 0.792. The van der Waals surface area contributed by atoms with Gasteiger partial charge in [0.2, 0.25) is 11.8 Å². The summed E-state index contributed by atoms with van der Waals surface area (Å²) in [4.78, 5) is 26.9. The molecule has 2 amide bonds. The topological polar surface area (TPSA) is 91.7 Å². The predicted molar refractivity (Wildman–Crippen MR) is 90.9 cm³/mol. The third kappa shape index (κ3) is 4.09. The lowest BCUT2D eigenvalue weighted by molar-refractivity contribution is -0.147. The van der Waals surface area contributed by atoms with E-state index in [0.717, 1.165) is 12.0 Å². The molecule has 0 radical (unpaired) electrons. The lowest BCUT2D eigenvalue weighted by Gasteiger charge is -2.36. The van der Waals surface area contributed by atoms with E-state index >= 15 is 0 Å². The molecule has 7 heteroatoms. The highest BCUT2D eigenvalue weighted by atomic mass is 16.5. The summed E-state index contributed by atoms with van der Waals surface area (Å²) in [6.07, 6.45) is 1.50. The second kappa shape index (κ2) is 8.49. The van der Waals surface area contributed by atoms with Gasteiger partial charge in [-0.05, 0) is 30.5 Å². The van der Waals surface area contributed by atoms with Gasteiger partial charge < -0.3 is 19.7 Å². The first-order chi connectivity index (χ1) is 12.1. The van der Waals surface area contributed by atoms with Crippen molar-refractivity contribution in [2.24, 2.45) is 0 Å². The molecule has 25 heavy (non-hydrogen) atoms. The molecule has 1 N–H and O–H groups in total. The first-order valence-electron chi connectivity index (χ1n) is 8.17. The van der Waals surface area contributed by atoms with E-state index in [1.165, 1.54) is 7.11 Å². The van der Waals surface area contributed by atoms with Gasteiger partial charge in [0.05, 0.1) is 13.0 Å². The molecule has 1 heterocycles. The van der Waals surface area contributed by atoms with Crippen LogP contribution in [0.25, 0.3) is 0 Å². The van der Waals surface area contributed by atoms with Crippen LogP contribution in [0.2, 0.25) is 0 Å². The van der Waals surface area contributed by atoms with Crippen LogP contribution in [0.3, 0.4) is 0 Å². The number of benzene rings is 1. The van der Waals surface area contributed by atoms with Crippen LogP contribution in [0, 0.1) is 11.3 Å². The number of carbonyl (C=O) groups is 2. The number of likely N-dealkylation sites (N-methyl/N-ethyl adjacent to an activating group) is 1. The molecule has 0 spiro atoms. The number of amides is 2. The average Bonchev–Trinajstić information content (AvgIpc) is 3.05. The van der Waals surface area contributed by atoms with Crippen molar-refractivity contribution in [1.82, 2.24) is 10.2 Å². The summed E-state index contributed by atoms with van der Waals surface area (Å²) >= 11 is 0. The van der Waals surface area contributed by atoms with E-state index < -0.39 is 5.54 Å². The minimum atomic E-state index is -0.949. The molecule has 1 unspecified atom stereocenters. The number of nitriles is 1. The van der Waals surface area contributed by atoms with Crippen LogP contribution in [0.1, 0.15) is 18.4 Å². The number of carbonyl (C=O) groups excluding carboxylic acids is 2. The predicted octanol–water partition coefficient (Wildman–Crippen LogP) is 0.885. The van der Waals surface area contributed by atoms with E-state index in [4.69, 9.17) is 14.7 Å². The van der Waals surface area contributed by atoms with Gasteiger partial charge in [0.25, 0.3) is 0 Å². The maximum Gasteiger partial charge on any atom is 0.248 e. The van der Waals surface area contributed by atoms with Crippen LogP contribution in [-0.2, 0) is 20.7 Å². The molecule has 1 aliphatic rings. The number of hydrogen-bond acceptors (Lipinski definition) is 5. The minimum Gasteiger partial charge on any atom is -0.479 e. The highest BCUT2D eigenvalue weighted by molar-refractivity contribution is 5.92. The van der Waals surface area contributed by atoms with Gasteiger partial charge >= 0.3 is 0 Å². The second-order valence-corrected chi connectivity index (χ2v) is 5.96. The normalized spacial score (nSPS) is 19.3. The Morgan fingerprint density at radius 1 is 1.44 bits per heavy atom. The molecular formula is C18H23N3O4. The van der Waals surface area contributed by atoms with Crippen molar-refractivity contribution in [2.75, 3.05) is 33.9 Å². The van der Waals surface area contributed by atoms with E-state index in [1.54, 1.807) is 30.1 Å². The standard InChI is InChI=1S/C18H23N3O4/c1-20-17(23)18(13-24-2)7-4-9-21(18)16(22)12-14-5-3-6-15(11-14)25-10-8-19/h3,5-6,11H,4,7,9-10,12-13H2,1-2H3,(H,20,23). The molecule has 1 aromatic carbocycles.